The van der Waals surface area contributed by atoms with Gasteiger partial charge in [-0.1, -0.05) is 36.4 Å². The number of anilines is 1. The van der Waals surface area contributed by atoms with Gasteiger partial charge in [0.05, 0.1) is 25.7 Å². The number of ether oxygens (including phenoxy) is 2. The van der Waals surface area contributed by atoms with E-state index >= 15 is 0 Å². The number of carbonyl (C=O) groups is 1. The zero-order valence-electron chi connectivity index (χ0n) is 20.8. The van der Waals surface area contributed by atoms with E-state index in [9.17, 15) is 13.2 Å². The van der Waals surface area contributed by atoms with Crippen LogP contribution in [0.2, 0.25) is 0 Å². The normalized spacial score (nSPS) is 11.4. The summed E-state index contributed by atoms with van der Waals surface area (Å²) in [6.07, 6.45) is 0.466. The number of sulfonamides is 1. The number of rotatable bonds is 10. The molecular formula is C27H32N2O5S. The minimum Gasteiger partial charge on any atom is -0.493 e. The molecule has 3 rings (SSSR count). The summed E-state index contributed by atoms with van der Waals surface area (Å²) in [7, 11) is 0.587. The van der Waals surface area contributed by atoms with Gasteiger partial charge < -0.3 is 14.4 Å². The summed E-state index contributed by atoms with van der Waals surface area (Å²) in [5, 5.41) is 0. The molecule has 1 amide bonds. The number of benzene rings is 3. The number of hydrogen-bond acceptors (Lipinski definition) is 5. The summed E-state index contributed by atoms with van der Waals surface area (Å²) in [6.45, 7) is 3.83. The van der Waals surface area contributed by atoms with Crippen LogP contribution >= 0.6 is 0 Å². The van der Waals surface area contributed by atoms with Crippen LogP contribution in [0.1, 0.15) is 16.7 Å². The molecule has 0 radical (unpaired) electrons. The van der Waals surface area contributed by atoms with Crippen molar-refractivity contribution in [3.8, 4) is 11.5 Å². The second-order valence-electron chi connectivity index (χ2n) is 8.31. The van der Waals surface area contributed by atoms with Crippen LogP contribution in [-0.2, 0) is 21.2 Å². The van der Waals surface area contributed by atoms with Gasteiger partial charge in [-0.15, -0.1) is 0 Å². The standard InChI is InChI=1S/C27H32N2O5S/c1-20-11-12-23(17-21(20)2)28(3)27(30)19-29(16-15-22-9-7-6-8-10-22)35(31,32)24-13-14-25(33-4)26(18-24)34-5/h6-14,17-18H,15-16,19H2,1-5H3. The number of methoxy groups -OCH3 is 2. The van der Waals surface area contributed by atoms with E-state index in [2.05, 4.69) is 0 Å². The highest BCUT2D eigenvalue weighted by atomic mass is 32.2. The van der Waals surface area contributed by atoms with Gasteiger partial charge in [0.1, 0.15) is 0 Å². The van der Waals surface area contributed by atoms with Crippen molar-refractivity contribution in [3.63, 3.8) is 0 Å². The van der Waals surface area contributed by atoms with Crippen molar-refractivity contribution >= 4 is 21.6 Å². The molecule has 8 heteroatoms. The Morgan fingerprint density at radius 1 is 0.857 bits per heavy atom. The van der Waals surface area contributed by atoms with Crippen LogP contribution in [0, 0.1) is 13.8 Å². The Morgan fingerprint density at radius 3 is 2.17 bits per heavy atom. The fraction of sp³-hybridized carbons (Fsp3) is 0.296. The van der Waals surface area contributed by atoms with Gasteiger partial charge in [0, 0.05) is 25.3 Å². The Bertz CT molecular complexity index is 1280. The maximum Gasteiger partial charge on any atom is 0.243 e. The Morgan fingerprint density at radius 2 is 1.54 bits per heavy atom. The molecule has 0 heterocycles. The first kappa shape index (κ1) is 26.2. The van der Waals surface area contributed by atoms with Crippen LogP contribution in [-0.4, -0.2) is 53.0 Å². The maximum absolute atomic E-state index is 13.7. The highest BCUT2D eigenvalue weighted by molar-refractivity contribution is 7.89. The molecule has 0 saturated carbocycles. The summed E-state index contributed by atoms with van der Waals surface area (Å²) in [4.78, 5) is 14.8. The molecule has 35 heavy (non-hydrogen) atoms. The lowest BCUT2D eigenvalue weighted by atomic mass is 10.1. The number of amides is 1. The summed E-state index contributed by atoms with van der Waals surface area (Å²) in [5.74, 6) is 0.397. The fourth-order valence-corrected chi connectivity index (χ4v) is 5.05. The van der Waals surface area contributed by atoms with E-state index < -0.39 is 10.0 Å². The Balaban J connectivity index is 1.92. The first-order valence-electron chi connectivity index (χ1n) is 11.3. The average molecular weight is 497 g/mol. The average Bonchev–Trinajstić information content (AvgIpc) is 2.87. The Kier molecular flexibility index (Phi) is 8.53. The zero-order valence-corrected chi connectivity index (χ0v) is 21.6. The van der Waals surface area contributed by atoms with Crippen molar-refractivity contribution < 1.29 is 22.7 Å². The summed E-state index contributed by atoms with van der Waals surface area (Å²) < 4.78 is 39.1. The van der Waals surface area contributed by atoms with Crippen molar-refractivity contribution in [3.05, 3.63) is 83.4 Å². The minimum absolute atomic E-state index is 0.0323. The largest absolute Gasteiger partial charge is 0.493 e. The van der Waals surface area contributed by atoms with Crippen LogP contribution in [0.3, 0.4) is 0 Å². The third kappa shape index (κ3) is 6.21. The van der Waals surface area contributed by atoms with Gasteiger partial charge in [-0.25, -0.2) is 8.42 Å². The van der Waals surface area contributed by atoms with Crippen LogP contribution in [0.15, 0.2) is 71.6 Å². The highest BCUT2D eigenvalue weighted by Crippen LogP contribution is 2.31. The monoisotopic (exact) mass is 496 g/mol. The molecule has 0 aromatic heterocycles. The molecular weight excluding hydrogens is 464 g/mol. The van der Waals surface area contributed by atoms with Crippen LogP contribution in [0.5, 0.6) is 11.5 Å². The van der Waals surface area contributed by atoms with Gasteiger partial charge in [0.2, 0.25) is 15.9 Å². The Hall–Kier alpha value is -3.36. The summed E-state index contributed by atoms with van der Waals surface area (Å²) in [5.41, 5.74) is 3.87. The number of nitrogens with zero attached hydrogens (tertiary/aromatic N) is 2. The van der Waals surface area contributed by atoms with Gasteiger partial charge in [-0.05, 0) is 61.2 Å². The smallest absolute Gasteiger partial charge is 0.243 e. The second-order valence-corrected chi connectivity index (χ2v) is 10.3. The molecule has 0 aliphatic rings. The fourth-order valence-electron chi connectivity index (χ4n) is 3.64. The Labute approximate surface area is 207 Å². The molecule has 0 N–H and O–H groups in total. The van der Waals surface area contributed by atoms with Crippen LogP contribution < -0.4 is 14.4 Å². The van der Waals surface area contributed by atoms with Gasteiger partial charge in [-0.3, -0.25) is 4.79 Å². The van der Waals surface area contributed by atoms with Crippen molar-refractivity contribution in [1.29, 1.82) is 0 Å². The molecule has 7 nitrogen and oxygen atoms in total. The molecule has 3 aromatic carbocycles. The lowest BCUT2D eigenvalue weighted by Gasteiger charge is -2.25. The number of likely N-dealkylation sites (N-methyl/N-ethyl adjacent to an activating group) is 1. The predicted octanol–water partition coefficient (Wildman–Crippen LogP) is 4.22. The SMILES string of the molecule is COc1ccc(S(=O)(=O)N(CCc2ccccc2)CC(=O)N(C)c2ccc(C)c(C)c2)cc1OC. The molecule has 186 valence electrons. The molecule has 0 fully saturated rings. The summed E-state index contributed by atoms with van der Waals surface area (Å²) >= 11 is 0. The quantitative estimate of drug-likeness (QED) is 0.420. The van der Waals surface area contributed by atoms with E-state index in [-0.39, 0.29) is 23.9 Å². The van der Waals surface area contributed by atoms with E-state index in [1.807, 2.05) is 62.4 Å². The van der Waals surface area contributed by atoms with Crippen molar-refractivity contribution in [2.45, 2.75) is 25.2 Å². The molecule has 0 atom stereocenters. The first-order valence-corrected chi connectivity index (χ1v) is 12.7. The predicted molar refractivity (Wildman–Crippen MR) is 138 cm³/mol. The lowest BCUT2D eigenvalue weighted by molar-refractivity contribution is -0.118. The maximum atomic E-state index is 13.7. The lowest BCUT2D eigenvalue weighted by Crippen LogP contribution is -2.42. The third-order valence-corrected chi connectivity index (χ3v) is 7.89. The molecule has 0 unspecified atom stereocenters. The topological polar surface area (TPSA) is 76.2 Å². The van der Waals surface area contributed by atoms with Gasteiger partial charge in [-0.2, -0.15) is 4.31 Å². The third-order valence-electron chi connectivity index (χ3n) is 6.05. The number of hydrogen-bond donors (Lipinski definition) is 0. The van der Waals surface area contributed by atoms with Crippen LogP contribution in [0.25, 0.3) is 0 Å². The van der Waals surface area contributed by atoms with E-state index in [0.29, 0.717) is 23.6 Å². The molecule has 0 aliphatic heterocycles. The highest BCUT2D eigenvalue weighted by Gasteiger charge is 2.29. The van der Waals surface area contributed by atoms with E-state index in [1.165, 1.54) is 35.6 Å². The number of carbonyl (C=O) groups excluding carboxylic acids is 1. The van der Waals surface area contributed by atoms with E-state index in [0.717, 1.165) is 16.7 Å². The van der Waals surface area contributed by atoms with Gasteiger partial charge in [0.15, 0.2) is 11.5 Å². The summed E-state index contributed by atoms with van der Waals surface area (Å²) in [6, 6.07) is 19.7. The molecule has 0 aliphatic carbocycles. The van der Waals surface area contributed by atoms with Crippen LogP contribution in [0.4, 0.5) is 5.69 Å². The molecule has 0 spiro atoms. The van der Waals surface area contributed by atoms with E-state index in [1.54, 1.807) is 13.1 Å². The van der Waals surface area contributed by atoms with Crippen molar-refractivity contribution in [2.24, 2.45) is 0 Å². The molecule has 0 saturated heterocycles. The van der Waals surface area contributed by atoms with Gasteiger partial charge >= 0.3 is 0 Å². The van der Waals surface area contributed by atoms with E-state index in [4.69, 9.17) is 9.47 Å². The molecule has 0 bridgehead atoms. The first-order chi connectivity index (χ1) is 16.7. The number of aryl methyl sites for hydroxylation is 2. The zero-order chi connectivity index (χ0) is 25.6. The van der Waals surface area contributed by atoms with Gasteiger partial charge in [0.25, 0.3) is 0 Å². The van der Waals surface area contributed by atoms with Crippen molar-refractivity contribution in [2.75, 3.05) is 39.3 Å². The molecule has 3 aromatic rings. The minimum atomic E-state index is -4.00. The van der Waals surface area contributed by atoms with Crippen molar-refractivity contribution in [1.82, 2.24) is 4.31 Å². The second kappa shape index (κ2) is 11.4.